The van der Waals surface area contributed by atoms with Crippen molar-refractivity contribution in [1.82, 2.24) is 25.0 Å². The van der Waals surface area contributed by atoms with Crippen LogP contribution in [0, 0.1) is 11.6 Å². The van der Waals surface area contributed by atoms with Gasteiger partial charge in [0.1, 0.15) is 12.2 Å². The average molecular weight is 464 g/mol. The first-order chi connectivity index (χ1) is 11.4. The molecule has 1 aromatic heterocycles. The predicted molar refractivity (Wildman–Crippen MR) is 104 cm³/mol. The van der Waals surface area contributed by atoms with E-state index in [0.717, 1.165) is 17.5 Å². The van der Waals surface area contributed by atoms with Gasteiger partial charge in [0.25, 0.3) is 0 Å². The van der Waals surface area contributed by atoms with Crippen LogP contribution in [0.25, 0.3) is 0 Å². The van der Waals surface area contributed by atoms with Gasteiger partial charge < -0.3 is 10.2 Å². The average Bonchev–Trinajstić information content (AvgIpc) is 2.95. The van der Waals surface area contributed by atoms with Crippen LogP contribution in [0.2, 0.25) is 0 Å². The van der Waals surface area contributed by atoms with Crippen molar-refractivity contribution in [2.45, 2.75) is 19.4 Å². The maximum absolute atomic E-state index is 13.3. The summed E-state index contributed by atoms with van der Waals surface area (Å²) in [6, 6.07) is 3.97. The van der Waals surface area contributed by atoms with Crippen molar-refractivity contribution in [2.75, 3.05) is 20.6 Å². The smallest absolute Gasteiger partial charge is 0.193 e. The van der Waals surface area contributed by atoms with Gasteiger partial charge in [-0.15, -0.1) is 24.0 Å². The molecule has 9 heteroatoms. The summed E-state index contributed by atoms with van der Waals surface area (Å²) in [5.74, 6) is -0.164. The second-order valence-electron chi connectivity index (χ2n) is 5.66. The SMILES string of the molecule is CN=C(NCC(C)c1ccc(F)c(F)c1)N(C)Cc1ncnn1C.I. The summed E-state index contributed by atoms with van der Waals surface area (Å²) in [5, 5.41) is 7.27. The summed E-state index contributed by atoms with van der Waals surface area (Å²) in [4.78, 5) is 10.3. The Labute approximate surface area is 163 Å². The molecular weight excluding hydrogens is 441 g/mol. The van der Waals surface area contributed by atoms with Crippen molar-refractivity contribution in [2.24, 2.45) is 12.0 Å². The Morgan fingerprint density at radius 3 is 2.64 bits per heavy atom. The van der Waals surface area contributed by atoms with Crippen LogP contribution < -0.4 is 5.32 Å². The molecule has 0 aliphatic carbocycles. The summed E-state index contributed by atoms with van der Waals surface area (Å²) in [6.45, 7) is 3.03. The Bertz CT molecular complexity index is 718. The Kier molecular flexibility index (Phi) is 8.20. The van der Waals surface area contributed by atoms with Crippen LogP contribution in [0.3, 0.4) is 0 Å². The number of aryl methyl sites for hydroxylation is 1. The van der Waals surface area contributed by atoms with Crippen LogP contribution in [0.15, 0.2) is 29.5 Å². The highest BCUT2D eigenvalue weighted by molar-refractivity contribution is 14.0. The molecule has 0 radical (unpaired) electrons. The van der Waals surface area contributed by atoms with Crippen molar-refractivity contribution >= 4 is 29.9 Å². The molecule has 1 unspecified atom stereocenters. The number of hydrogen-bond donors (Lipinski definition) is 1. The van der Waals surface area contributed by atoms with Gasteiger partial charge in [0.2, 0.25) is 0 Å². The molecule has 0 saturated carbocycles. The number of benzene rings is 1. The van der Waals surface area contributed by atoms with E-state index >= 15 is 0 Å². The fraction of sp³-hybridized carbons (Fsp3) is 0.438. The number of halogens is 3. The minimum Gasteiger partial charge on any atom is -0.356 e. The van der Waals surface area contributed by atoms with E-state index < -0.39 is 11.6 Å². The Balaban J connectivity index is 0.00000312. The molecule has 1 N–H and O–H groups in total. The van der Waals surface area contributed by atoms with E-state index in [9.17, 15) is 8.78 Å². The second kappa shape index (κ2) is 9.64. The van der Waals surface area contributed by atoms with E-state index in [4.69, 9.17) is 0 Å². The number of rotatable bonds is 5. The van der Waals surface area contributed by atoms with Gasteiger partial charge >= 0.3 is 0 Å². The second-order valence-corrected chi connectivity index (χ2v) is 5.66. The van der Waals surface area contributed by atoms with E-state index in [1.807, 2.05) is 25.9 Å². The number of aliphatic imine (C=N–C) groups is 1. The zero-order chi connectivity index (χ0) is 17.7. The van der Waals surface area contributed by atoms with Gasteiger partial charge in [-0.1, -0.05) is 13.0 Å². The molecule has 25 heavy (non-hydrogen) atoms. The van der Waals surface area contributed by atoms with E-state index in [-0.39, 0.29) is 29.9 Å². The lowest BCUT2D eigenvalue weighted by Crippen LogP contribution is -2.40. The van der Waals surface area contributed by atoms with Crippen LogP contribution in [0.4, 0.5) is 8.78 Å². The quantitative estimate of drug-likeness (QED) is 0.420. The number of aromatic nitrogens is 3. The molecule has 1 atom stereocenters. The number of nitrogens with zero attached hydrogens (tertiary/aromatic N) is 5. The van der Waals surface area contributed by atoms with Gasteiger partial charge in [0, 0.05) is 27.7 Å². The van der Waals surface area contributed by atoms with Crippen LogP contribution in [0.1, 0.15) is 24.2 Å². The first-order valence-electron chi connectivity index (χ1n) is 7.62. The van der Waals surface area contributed by atoms with Gasteiger partial charge in [-0.3, -0.25) is 9.67 Å². The highest BCUT2D eigenvalue weighted by Crippen LogP contribution is 2.17. The zero-order valence-corrected chi connectivity index (χ0v) is 17.0. The minimum atomic E-state index is -0.835. The van der Waals surface area contributed by atoms with Gasteiger partial charge in [-0.25, -0.2) is 13.8 Å². The molecule has 0 aliphatic heterocycles. The summed E-state index contributed by atoms with van der Waals surface area (Å²) in [6.07, 6.45) is 1.50. The van der Waals surface area contributed by atoms with Gasteiger partial charge in [0.05, 0.1) is 6.54 Å². The van der Waals surface area contributed by atoms with Crippen LogP contribution in [-0.4, -0.2) is 46.3 Å². The molecule has 1 heterocycles. The summed E-state index contributed by atoms with van der Waals surface area (Å²) in [5.41, 5.74) is 0.729. The topological polar surface area (TPSA) is 58.3 Å². The molecule has 0 fully saturated rings. The molecule has 138 valence electrons. The van der Waals surface area contributed by atoms with Crippen molar-refractivity contribution in [3.8, 4) is 0 Å². The fourth-order valence-electron chi connectivity index (χ4n) is 2.32. The van der Waals surface area contributed by atoms with Crippen molar-refractivity contribution in [1.29, 1.82) is 0 Å². The molecule has 0 amide bonds. The molecule has 0 aliphatic rings. The molecular formula is C16H23F2IN6. The first kappa shape index (κ1) is 21.3. The molecule has 0 bridgehead atoms. The third-order valence-electron chi connectivity index (χ3n) is 3.84. The normalized spacial score (nSPS) is 12.5. The number of hydrogen-bond acceptors (Lipinski definition) is 3. The molecule has 0 saturated heterocycles. The molecule has 2 aromatic rings. The summed E-state index contributed by atoms with van der Waals surface area (Å²) < 4.78 is 28.1. The van der Waals surface area contributed by atoms with Gasteiger partial charge in [-0.2, -0.15) is 5.10 Å². The van der Waals surface area contributed by atoms with Crippen LogP contribution >= 0.6 is 24.0 Å². The Morgan fingerprint density at radius 2 is 2.08 bits per heavy atom. The third-order valence-corrected chi connectivity index (χ3v) is 3.84. The Morgan fingerprint density at radius 1 is 1.36 bits per heavy atom. The van der Waals surface area contributed by atoms with Crippen LogP contribution in [0.5, 0.6) is 0 Å². The maximum atomic E-state index is 13.3. The largest absolute Gasteiger partial charge is 0.356 e. The number of guanidine groups is 1. The molecule has 0 spiro atoms. The van der Waals surface area contributed by atoms with E-state index in [1.165, 1.54) is 12.4 Å². The van der Waals surface area contributed by atoms with E-state index in [1.54, 1.807) is 17.8 Å². The lowest BCUT2D eigenvalue weighted by atomic mass is 10.0. The minimum absolute atomic E-state index is 0. The van der Waals surface area contributed by atoms with E-state index in [0.29, 0.717) is 19.0 Å². The van der Waals surface area contributed by atoms with Crippen molar-refractivity contribution < 1.29 is 8.78 Å². The highest BCUT2D eigenvalue weighted by atomic mass is 127. The zero-order valence-electron chi connectivity index (χ0n) is 14.7. The van der Waals surface area contributed by atoms with Gasteiger partial charge in [0.15, 0.2) is 17.6 Å². The molecule has 1 aromatic carbocycles. The monoisotopic (exact) mass is 464 g/mol. The number of nitrogens with one attached hydrogen (secondary N) is 1. The van der Waals surface area contributed by atoms with Crippen molar-refractivity contribution in [3.05, 3.63) is 47.5 Å². The third kappa shape index (κ3) is 5.62. The van der Waals surface area contributed by atoms with Crippen molar-refractivity contribution in [3.63, 3.8) is 0 Å². The highest BCUT2D eigenvalue weighted by Gasteiger charge is 2.13. The lowest BCUT2D eigenvalue weighted by molar-refractivity contribution is 0.446. The van der Waals surface area contributed by atoms with Crippen LogP contribution in [-0.2, 0) is 13.6 Å². The van der Waals surface area contributed by atoms with E-state index in [2.05, 4.69) is 20.4 Å². The summed E-state index contributed by atoms with van der Waals surface area (Å²) in [7, 11) is 5.42. The first-order valence-corrected chi connectivity index (χ1v) is 7.62. The fourth-order valence-corrected chi connectivity index (χ4v) is 2.32. The summed E-state index contributed by atoms with van der Waals surface area (Å²) >= 11 is 0. The van der Waals surface area contributed by atoms with Gasteiger partial charge in [-0.05, 0) is 23.6 Å². The molecule has 6 nitrogen and oxygen atoms in total. The lowest BCUT2D eigenvalue weighted by Gasteiger charge is -2.23. The maximum Gasteiger partial charge on any atom is 0.193 e. The predicted octanol–water partition coefficient (Wildman–Crippen LogP) is 2.52. The standard InChI is InChI=1S/C16H22F2N6.HI/c1-11(12-5-6-13(17)14(18)7-12)8-20-16(19-2)23(3)9-15-21-10-22-24(15)4;/h5-7,10-11H,8-9H2,1-4H3,(H,19,20);1H. The molecule has 2 rings (SSSR count). The Hall–Kier alpha value is -1.78.